The van der Waals surface area contributed by atoms with E-state index in [9.17, 15) is 9.90 Å². The van der Waals surface area contributed by atoms with Crippen LogP contribution in [0.4, 0.5) is 0 Å². The van der Waals surface area contributed by atoms with Crippen molar-refractivity contribution >= 4 is 5.97 Å². The molecular formula is C17H25N2NaO3. The fraction of sp³-hybridized carbons (Fsp3) is 0.647. The van der Waals surface area contributed by atoms with Gasteiger partial charge < -0.3 is 14.6 Å². The molecule has 0 unspecified atom stereocenters. The maximum absolute atomic E-state index is 10.7. The number of pyridine rings is 1. The van der Waals surface area contributed by atoms with Gasteiger partial charge in [0.1, 0.15) is 11.9 Å². The Hall–Kier alpha value is -0.620. The SMILES string of the molecule is CCN1C(C)(C)CC(Oc2ccc(C(=O)[O-])nc2)CC1(C)C.[Na+]. The average Bonchev–Trinajstić information content (AvgIpc) is 2.36. The van der Waals surface area contributed by atoms with E-state index in [0.717, 1.165) is 19.4 Å². The van der Waals surface area contributed by atoms with Gasteiger partial charge in [0.05, 0.1) is 17.9 Å². The maximum Gasteiger partial charge on any atom is 1.00 e. The Morgan fingerprint density at radius 2 is 1.87 bits per heavy atom. The van der Waals surface area contributed by atoms with Crippen LogP contribution >= 0.6 is 0 Å². The van der Waals surface area contributed by atoms with Gasteiger partial charge in [0.25, 0.3) is 0 Å². The maximum atomic E-state index is 10.7. The molecule has 122 valence electrons. The van der Waals surface area contributed by atoms with Gasteiger partial charge in [-0.05, 0) is 46.4 Å². The number of aromatic nitrogens is 1. The Morgan fingerprint density at radius 3 is 2.26 bits per heavy atom. The number of hydrogen-bond donors (Lipinski definition) is 0. The van der Waals surface area contributed by atoms with Crippen LogP contribution in [0.3, 0.4) is 0 Å². The summed E-state index contributed by atoms with van der Waals surface area (Å²) in [5.41, 5.74) is 0.0350. The summed E-state index contributed by atoms with van der Waals surface area (Å²) in [6, 6.07) is 3.06. The Labute approximate surface area is 160 Å². The monoisotopic (exact) mass is 328 g/mol. The molecule has 5 nitrogen and oxygen atoms in total. The molecule has 0 amide bonds. The molecule has 2 heterocycles. The Morgan fingerprint density at radius 1 is 1.30 bits per heavy atom. The normalized spacial score (nSPS) is 20.6. The predicted octanol–water partition coefficient (Wildman–Crippen LogP) is -1.13. The van der Waals surface area contributed by atoms with Gasteiger partial charge >= 0.3 is 29.6 Å². The molecule has 0 atom stereocenters. The number of nitrogens with zero attached hydrogens (tertiary/aromatic N) is 2. The fourth-order valence-corrected chi connectivity index (χ4v) is 3.93. The number of piperidine rings is 1. The second-order valence-corrected chi connectivity index (χ2v) is 7.18. The molecule has 1 saturated heterocycles. The van der Waals surface area contributed by atoms with Crippen LogP contribution in [0.15, 0.2) is 18.3 Å². The van der Waals surface area contributed by atoms with Crippen LogP contribution < -0.4 is 39.4 Å². The molecule has 2 rings (SSSR count). The molecule has 0 aromatic carbocycles. The van der Waals surface area contributed by atoms with Crippen LogP contribution in [-0.4, -0.2) is 39.6 Å². The van der Waals surface area contributed by atoms with Crippen molar-refractivity contribution in [1.29, 1.82) is 0 Å². The van der Waals surface area contributed by atoms with Gasteiger partial charge in [0.15, 0.2) is 0 Å². The molecule has 1 aliphatic rings. The first-order valence-electron chi connectivity index (χ1n) is 7.77. The van der Waals surface area contributed by atoms with E-state index in [0.29, 0.717) is 5.75 Å². The van der Waals surface area contributed by atoms with E-state index in [1.165, 1.54) is 12.3 Å². The first-order chi connectivity index (χ1) is 10.2. The Kier molecular flexibility index (Phi) is 6.67. The summed E-state index contributed by atoms with van der Waals surface area (Å²) >= 11 is 0. The zero-order valence-corrected chi connectivity index (χ0v) is 17.0. The summed E-state index contributed by atoms with van der Waals surface area (Å²) in [6.07, 6.45) is 3.39. The van der Waals surface area contributed by atoms with E-state index in [1.54, 1.807) is 6.07 Å². The number of carbonyl (C=O) groups is 1. The average molecular weight is 328 g/mol. The smallest absolute Gasteiger partial charge is 0.543 e. The van der Waals surface area contributed by atoms with E-state index >= 15 is 0 Å². The van der Waals surface area contributed by atoms with Crippen molar-refractivity contribution in [2.45, 2.75) is 64.6 Å². The second kappa shape index (κ2) is 7.51. The van der Waals surface area contributed by atoms with Crippen molar-refractivity contribution in [2.24, 2.45) is 0 Å². The van der Waals surface area contributed by atoms with E-state index in [1.807, 2.05) is 0 Å². The van der Waals surface area contributed by atoms with Crippen LogP contribution in [0.1, 0.15) is 57.9 Å². The topological polar surface area (TPSA) is 65.5 Å². The van der Waals surface area contributed by atoms with Crippen molar-refractivity contribution in [3.8, 4) is 5.75 Å². The molecule has 1 aliphatic heterocycles. The summed E-state index contributed by atoms with van der Waals surface area (Å²) in [7, 11) is 0. The molecule has 0 N–H and O–H groups in total. The third-order valence-electron chi connectivity index (χ3n) is 4.48. The molecule has 0 aliphatic carbocycles. The fourth-order valence-electron chi connectivity index (χ4n) is 3.93. The predicted molar refractivity (Wildman–Crippen MR) is 82.8 cm³/mol. The van der Waals surface area contributed by atoms with E-state index in [4.69, 9.17) is 4.74 Å². The minimum Gasteiger partial charge on any atom is -0.543 e. The number of carboxylic acid groups (broad SMARTS) is 1. The number of ether oxygens (including phenoxy) is 1. The largest absolute Gasteiger partial charge is 1.00 e. The third kappa shape index (κ3) is 4.69. The molecular weight excluding hydrogens is 303 g/mol. The van der Waals surface area contributed by atoms with Crippen LogP contribution in [0, 0.1) is 0 Å². The van der Waals surface area contributed by atoms with Crippen molar-refractivity contribution < 1.29 is 44.2 Å². The minimum absolute atomic E-state index is 0. The molecule has 6 heteroatoms. The molecule has 0 saturated carbocycles. The first kappa shape index (κ1) is 20.4. The number of carboxylic acids is 1. The molecule has 0 radical (unpaired) electrons. The number of carbonyl (C=O) groups excluding carboxylic acids is 1. The van der Waals surface area contributed by atoms with E-state index in [2.05, 4.69) is 44.5 Å². The van der Waals surface area contributed by atoms with Crippen molar-refractivity contribution in [3.63, 3.8) is 0 Å². The van der Waals surface area contributed by atoms with Gasteiger partial charge in [0.2, 0.25) is 0 Å². The van der Waals surface area contributed by atoms with Gasteiger partial charge in [-0.25, -0.2) is 0 Å². The number of hydrogen-bond acceptors (Lipinski definition) is 5. The van der Waals surface area contributed by atoms with Gasteiger partial charge in [-0.15, -0.1) is 0 Å². The summed E-state index contributed by atoms with van der Waals surface area (Å²) in [4.78, 5) is 17.1. The van der Waals surface area contributed by atoms with E-state index in [-0.39, 0.29) is 52.4 Å². The van der Waals surface area contributed by atoms with Crippen molar-refractivity contribution in [2.75, 3.05) is 6.54 Å². The molecule has 23 heavy (non-hydrogen) atoms. The minimum atomic E-state index is -1.27. The summed E-state index contributed by atoms with van der Waals surface area (Å²) in [6.45, 7) is 12.2. The van der Waals surface area contributed by atoms with Crippen LogP contribution in [0.5, 0.6) is 5.75 Å². The molecule has 1 aromatic rings. The first-order valence-corrected chi connectivity index (χ1v) is 7.77. The summed E-state index contributed by atoms with van der Waals surface area (Å²) < 4.78 is 6.05. The van der Waals surface area contributed by atoms with Gasteiger partial charge in [-0.1, -0.05) is 6.92 Å². The number of rotatable bonds is 4. The quantitative estimate of drug-likeness (QED) is 0.655. The van der Waals surface area contributed by atoms with Crippen LogP contribution in [-0.2, 0) is 0 Å². The molecule has 1 aromatic heterocycles. The van der Waals surface area contributed by atoms with Gasteiger partial charge in [-0.2, -0.15) is 0 Å². The van der Waals surface area contributed by atoms with Gasteiger partial charge in [-0.3, -0.25) is 9.88 Å². The zero-order valence-electron chi connectivity index (χ0n) is 15.0. The van der Waals surface area contributed by atoms with Crippen molar-refractivity contribution in [1.82, 2.24) is 9.88 Å². The number of aromatic carboxylic acids is 1. The zero-order chi connectivity index (χ0) is 16.5. The van der Waals surface area contributed by atoms with Gasteiger partial charge in [0, 0.05) is 23.9 Å². The standard InChI is InChI=1S/C17H26N2O3.Na/c1-6-19-16(2,3)9-13(10-17(19,4)5)22-12-7-8-14(15(20)21)18-11-12;/h7-8,11,13H,6,9-10H2,1-5H3,(H,20,21);/q;+1/p-1. The molecule has 0 bridgehead atoms. The van der Waals surface area contributed by atoms with Crippen LogP contribution in [0.2, 0.25) is 0 Å². The van der Waals surface area contributed by atoms with Crippen LogP contribution in [0.25, 0.3) is 0 Å². The molecule has 0 spiro atoms. The van der Waals surface area contributed by atoms with E-state index < -0.39 is 5.97 Å². The van der Waals surface area contributed by atoms with Crippen molar-refractivity contribution in [3.05, 3.63) is 24.0 Å². The number of likely N-dealkylation sites (tertiary alicyclic amines) is 1. The second-order valence-electron chi connectivity index (χ2n) is 7.18. The Balaban J connectivity index is 0.00000264. The summed E-state index contributed by atoms with van der Waals surface area (Å²) in [5, 5.41) is 10.7. The summed E-state index contributed by atoms with van der Waals surface area (Å²) in [5.74, 6) is -0.670. The molecule has 1 fully saturated rings. The third-order valence-corrected chi connectivity index (χ3v) is 4.48. The Bertz CT molecular complexity index is 525.